The fourth-order valence-electron chi connectivity index (χ4n) is 3.00. The second-order valence-electron chi connectivity index (χ2n) is 7.45. The molecule has 0 atom stereocenters. The first-order valence-electron chi connectivity index (χ1n) is 9.59. The van der Waals surface area contributed by atoms with E-state index in [1.165, 1.54) is 30.3 Å². The topological polar surface area (TPSA) is 92.8 Å². The van der Waals surface area contributed by atoms with Crippen LogP contribution < -0.4 is 5.32 Å². The molecule has 3 rings (SSSR count). The zero-order valence-corrected chi connectivity index (χ0v) is 17.7. The second-order valence-corrected chi connectivity index (χ2v) is 7.89. The number of esters is 1. The number of imide groups is 1. The number of rotatable bonds is 7. The summed E-state index contributed by atoms with van der Waals surface area (Å²) < 4.78 is 18.7. The van der Waals surface area contributed by atoms with E-state index in [1.54, 1.807) is 0 Å². The Hall–Kier alpha value is -3.26. The van der Waals surface area contributed by atoms with Gasteiger partial charge in [-0.3, -0.25) is 19.3 Å². The van der Waals surface area contributed by atoms with Crippen LogP contribution in [-0.2, 0) is 9.53 Å². The summed E-state index contributed by atoms with van der Waals surface area (Å²) in [5.74, 6) is -2.87. The number of hydrogen-bond acceptors (Lipinski definition) is 5. The van der Waals surface area contributed by atoms with Crippen molar-refractivity contribution >= 4 is 41.0 Å². The van der Waals surface area contributed by atoms with Gasteiger partial charge in [0, 0.05) is 11.6 Å². The lowest BCUT2D eigenvalue weighted by Gasteiger charge is -2.14. The van der Waals surface area contributed by atoms with Crippen LogP contribution in [0.15, 0.2) is 36.4 Å². The Bertz CT molecular complexity index is 1070. The van der Waals surface area contributed by atoms with Gasteiger partial charge in [0.2, 0.25) is 0 Å². The summed E-state index contributed by atoms with van der Waals surface area (Å²) in [6.07, 6.45) is 0.670. The second kappa shape index (κ2) is 9.26. The number of halogens is 2. The zero-order chi connectivity index (χ0) is 22.7. The standard InChI is InChI=1S/C22H20ClFN2O5/c1-12(2)7-8-26-20(28)15-5-3-13(9-16(15)21(26)29)22(30)31-11-19(27)25-18-6-4-14(23)10-17(18)24/h3-6,9-10,12H,7-8,11H2,1-2H3,(H,25,27). The van der Waals surface area contributed by atoms with Crippen LogP contribution in [0.2, 0.25) is 5.02 Å². The van der Waals surface area contributed by atoms with Crippen LogP contribution in [0, 0.1) is 11.7 Å². The highest BCUT2D eigenvalue weighted by molar-refractivity contribution is 6.30. The van der Waals surface area contributed by atoms with Gasteiger partial charge in [-0.05, 0) is 48.7 Å². The number of carbonyl (C=O) groups is 4. The number of carbonyl (C=O) groups excluding carboxylic acids is 4. The molecule has 0 aromatic heterocycles. The van der Waals surface area contributed by atoms with Crippen molar-refractivity contribution in [1.29, 1.82) is 0 Å². The maximum absolute atomic E-state index is 13.7. The Labute approximate surface area is 183 Å². The average Bonchev–Trinajstić information content (AvgIpc) is 2.96. The van der Waals surface area contributed by atoms with E-state index in [2.05, 4.69) is 5.32 Å². The first kappa shape index (κ1) is 22.4. The third-order valence-corrected chi connectivity index (χ3v) is 4.91. The number of hydrogen-bond donors (Lipinski definition) is 1. The predicted octanol–water partition coefficient (Wildman–Crippen LogP) is 3.92. The van der Waals surface area contributed by atoms with Crippen LogP contribution in [-0.4, -0.2) is 41.7 Å². The largest absolute Gasteiger partial charge is 0.452 e. The van der Waals surface area contributed by atoms with E-state index < -0.39 is 36.1 Å². The Balaban J connectivity index is 1.63. The molecule has 1 heterocycles. The first-order valence-corrected chi connectivity index (χ1v) is 9.97. The van der Waals surface area contributed by atoms with Crippen molar-refractivity contribution in [2.45, 2.75) is 20.3 Å². The van der Waals surface area contributed by atoms with Crippen LogP contribution in [0.25, 0.3) is 0 Å². The molecule has 0 saturated heterocycles. The van der Waals surface area contributed by atoms with Gasteiger partial charge in [0.05, 0.1) is 22.4 Å². The molecule has 0 spiro atoms. The lowest BCUT2D eigenvalue weighted by molar-refractivity contribution is -0.119. The van der Waals surface area contributed by atoms with Gasteiger partial charge in [-0.15, -0.1) is 0 Å². The number of nitrogens with zero attached hydrogens (tertiary/aromatic N) is 1. The van der Waals surface area contributed by atoms with Gasteiger partial charge in [-0.25, -0.2) is 9.18 Å². The number of amides is 3. The van der Waals surface area contributed by atoms with E-state index in [-0.39, 0.29) is 27.4 Å². The molecule has 0 bridgehead atoms. The summed E-state index contributed by atoms with van der Waals surface area (Å²) in [6, 6.07) is 7.76. The summed E-state index contributed by atoms with van der Waals surface area (Å²) in [4.78, 5) is 50.4. The van der Waals surface area contributed by atoms with Crippen molar-refractivity contribution in [3.63, 3.8) is 0 Å². The molecule has 3 amide bonds. The van der Waals surface area contributed by atoms with E-state index in [9.17, 15) is 23.6 Å². The Kier molecular flexibility index (Phi) is 6.70. The first-order chi connectivity index (χ1) is 14.7. The van der Waals surface area contributed by atoms with Crippen molar-refractivity contribution in [2.24, 2.45) is 5.92 Å². The molecule has 0 aliphatic carbocycles. The van der Waals surface area contributed by atoms with Gasteiger partial charge >= 0.3 is 5.97 Å². The minimum Gasteiger partial charge on any atom is -0.452 e. The molecule has 9 heteroatoms. The van der Waals surface area contributed by atoms with Gasteiger partial charge in [0.15, 0.2) is 6.61 Å². The normalized spacial score (nSPS) is 12.9. The fraction of sp³-hybridized carbons (Fsp3) is 0.273. The Morgan fingerprint density at radius 3 is 2.48 bits per heavy atom. The SMILES string of the molecule is CC(C)CCN1C(=O)c2ccc(C(=O)OCC(=O)Nc3ccc(Cl)cc3F)cc2C1=O. The van der Waals surface area contributed by atoms with Crippen molar-refractivity contribution in [3.05, 3.63) is 63.9 Å². The Morgan fingerprint density at radius 1 is 1.10 bits per heavy atom. The number of fused-ring (bicyclic) bond motifs is 1. The highest BCUT2D eigenvalue weighted by atomic mass is 35.5. The van der Waals surface area contributed by atoms with E-state index in [0.29, 0.717) is 18.9 Å². The minimum atomic E-state index is -0.851. The highest BCUT2D eigenvalue weighted by Crippen LogP contribution is 2.25. The van der Waals surface area contributed by atoms with Crippen LogP contribution in [0.5, 0.6) is 0 Å². The molecule has 1 aliphatic heterocycles. The van der Waals surface area contributed by atoms with E-state index in [4.69, 9.17) is 16.3 Å². The third kappa shape index (κ3) is 5.08. The maximum Gasteiger partial charge on any atom is 0.338 e. The van der Waals surface area contributed by atoms with Crippen molar-refractivity contribution in [3.8, 4) is 0 Å². The molecule has 31 heavy (non-hydrogen) atoms. The molecule has 0 fully saturated rings. The third-order valence-electron chi connectivity index (χ3n) is 4.68. The molecular formula is C22H20ClFN2O5. The van der Waals surface area contributed by atoms with Crippen LogP contribution in [0.1, 0.15) is 51.3 Å². The van der Waals surface area contributed by atoms with Crippen molar-refractivity contribution in [1.82, 2.24) is 4.90 Å². The molecule has 2 aromatic carbocycles. The quantitative estimate of drug-likeness (QED) is 0.514. The smallest absolute Gasteiger partial charge is 0.338 e. The summed E-state index contributed by atoms with van der Waals surface area (Å²) in [6.45, 7) is 3.62. The zero-order valence-electron chi connectivity index (χ0n) is 16.9. The molecule has 162 valence electrons. The van der Waals surface area contributed by atoms with E-state index in [1.807, 2.05) is 13.8 Å². The van der Waals surface area contributed by atoms with Gasteiger partial charge < -0.3 is 10.1 Å². The lowest BCUT2D eigenvalue weighted by Crippen LogP contribution is -2.31. The molecular weight excluding hydrogens is 427 g/mol. The summed E-state index contributed by atoms with van der Waals surface area (Å²) in [5.41, 5.74) is 0.266. The van der Waals surface area contributed by atoms with Gasteiger partial charge in [-0.1, -0.05) is 25.4 Å². The molecule has 7 nitrogen and oxygen atoms in total. The van der Waals surface area contributed by atoms with Crippen LogP contribution >= 0.6 is 11.6 Å². The van der Waals surface area contributed by atoms with Crippen LogP contribution in [0.3, 0.4) is 0 Å². The average molecular weight is 447 g/mol. The monoisotopic (exact) mass is 446 g/mol. The van der Waals surface area contributed by atoms with Gasteiger partial charge in [0.1, 0.15) is 5.82 Å². The van der Waals surface area contributed by atoms with E-state index in [0.717, 1.165) is 11.0 Å². The minimum absolute atomic E-state index is 0.0242. The molecule has 0 saturated carbocycles. The van der Waals surface area contributed by atoms with Gasteiger partial charge in [-0.2, -0.15) is 0 Å². The fourth-order valence-corrected chi connectivity index (χ4v) is 3.16. The molecule has 2 aromatic rings. The lowest BCUT2D eigenvalue weighted by atomic mass is 10.1. The highest BCUT2D eigenvalue weighted by Gasteiger charge is 2.35. The van der Waals surface area contributed by atoms with Crippen LogP contribution in [0.4, 0.5) is 10.1 Å². The Morgan fingerprint density at radius 2 is 1.81 bits per heavy atom. The van der Waals surface area contributed by atoms with Crippen molar-refractivity contribution < 1.29 is 28.3 Å². The summed E-state index contributed by atoms with van der Waals surface area (Å²) in [5, 5.41) is 2.45. The predicted molar refractivity (Wildman–Crippen MR) is 112 cm³/mol. The number of benzene rings is 2. The number of anilines is 1. The number of nitrogens with one attached hydrogen (secondary N) is 1. The molecule has 0 unspecified atom stereocenters. The maximum atomic E-state index is 13.7. The van der Waals surface area contributed by atoms with Crippen molar-refractivity contribution in [2.75, 3.05) is 18.5 Å². The van der Waals surface area contributed by atoms with Gasteiger partial charge in [0.25, 0.3) is 17.7 Å². The van der Waals surface area contributed by atoms with E-state index >= 15 is 0 Å². The molecule has 1 N–H and O–H groups in total. The molecule has 1 aliphatic rings. The summed E-state index contributed by atoms with van der Waals surface area (Å²) >= 11 is 5.65. The summed E-state index contributed by atoms with van der Waals surface area (Å²) in [7, 11) is 0. The molecule has 0 radical (unpaired) electrons. The number of ether oxygens (including phenoxy) is 1.